The van der Waals surface area contributed by atoms with Crippen LogP contribution >= 0.6 is 0 Å². The average molecular weight is 302 g/mol. The molecule has 1 rings (SSSR count). The number of hydrogen-bond acceptors (Lipinski definition) is 5. The first-order chi connectivity index (χ1) is 10.5. The molecule has 0 aliphatic rings. The minimum Gasteiger partial charge on any atom is -0.479 e. The number of amides is 1. The molecule has 0 unspecified atom stereocenters. The molecule has 0 aliphatic carbocycles. The lowest BCUT2D eigenvalue weighted by Gasteiger charge is -2.17. The van der Waals surface area contributed by atoms with Gasteiger partial charge in [-0.25, -0.2) is 4.79 Å². The number of rotatable bonds is 7. The Hall–Kier alpha value is -2.81. The van der Waals surface area contributed by atoms with E-state index in [0.717, 1.165) is 0 Å². The maximum absolute atomic E-state index is 11.9. The van der Waals surface area contributed by atoms with Gasteiger partial charge in [0.25, 0.3) is 5.91 Å². The van der Waals surface area contributed by atoms with Gasteiger partial charge in [-0.3, -0.25) is 4.79 Å². The van der Waals surface area contributed by atoms with Gasteiger partial charge in [0.05, 0.1) is 11.6 Å². The van der Waals surface area contributed by atoms with Crippen molar-refractivity contribution >= 4 is 11.9 Å². The van der Waals surface area contributed by atoms with Gasteiger partial charge in [-0.2, -0.15) is 5.26 Å². The van der Waals surface area contributed by atoms with Gasteiger partial charge >= 0.3 is 5.97 Å². The Morgan fingerprint density at radius 3 is 2.50 bits per heavy atom. The maximum Gasteiger partial charge on any atom is 0.347 e. The molecule has 0 heterocycles. The lowest BCUT2D eigenvalue weighted by atomic mass is 10.2. The number of carbonyl (C=O) groups excluding carboxylic acids is 2. The first-order valence-electron chi connectivity index (χ1n) is 6.73. The molecule has 22 heavy (non-hydrogen) atoms. The van der Waals surface area contributed by atoms with Gasteiger partial charge in [0.2, 0.25) is 0 Å². The fourth-order valence-electron chi connectivity index (χ4n) is 1.50. The Labute approximate surface area is 129 Å². The second-order valence-corrected chi connectivity index (χ2v) is 4.51. The molecule has 2 atom stereocenters. The van der Waals surface area contributed by atoms with Gasteiger partial charge in [-0.1, -0.05) is 6.08 Å². The molecule has 1 aromatic carbocycles. The van der Waals surface area contributed by atoms with Gasteiger partial charge in [-0.05, 0) is 38.1 Å². The molecular weight excluding hydrogens is 284 g/mol. The smallest absolute Gasteiger partial charge is 0.347 e. The fourth-order valence-corrected chi connectivity index (χ4v) is 1.50. The van der Waals surface area contributed by atoms with Crippen molar-refractivity contribution < 1.29 is 19.1 Å². The standard InChI is InChI=1S/C16H18N2O4/c1-4-9-18-15(19)11(2)22-16(20)12(3)21-14-7-5-13(10-17)6-8-14/h4-8,11-12H,1,9H2,2-3H3,(H,18,19)/t11-,12-/m1/s1. The van der Waals surface area contributed by atoms with E-state index in [4.69, 9.17) is 14.7 Å². The average Bonchev–Trinajstić information content (AvgIpc) is 2.52. The SMILES string of the molecule is C=CCNC(=O)[C@@H](C)OC(=O)[C@@H](C)Oc1ccc(C#N)cc1. The maximum atomic E-state index is 11.9. The number of hydrogen-bond donors (Lipinski definition) is 1. The summed E-state index contributed by atoms with van der Waals surface area (Å²) in [7, 11) is 0. The Bertz CT molecular complexity index is 575. The summed E-state index contributed by atoms with van der Waals surface area (Å²) in [5.41, 5.74) is 0.495. The van der Waals surface area contributed by atoms with Crippen LogP contribution in [0.15, 0.2) is 36.9 Å². The second kappa shape index (κ2) is 8.47. The molecule has 0 radical (unpaired) electrons. The van der Waals surface area contributed by atoms with Crippen molar-refractivity contribution in [2.45, 2.75) is 26.1 Å². The molecule has 0 aromatic heterocycles. The van der Waals surface area contributed by atoms with Crippen molar-refractivity contribution in [2.75, 3.05) is 6.54 Å². The summed E-state index contributed by atoms with van der Waals surface area (Å²) in [5, 5.41) is 11.2. The number of carbonyl (C=O) groups is 2. The van der Waals surface area contributed by atoms with Crippen LogP contribution in [0.1, 0.15) is 19.4 Å². The van der Waals surface area contributed by atoms with E-state index >= 15 is 0 Å². The normalized spacial score (nSPS) is 12.4. The third-order valence-corrected chi connectivity index (χ3v) is 2.71. The highest BCUT2D eigenvalue weighted by Crippen LogP contribution is 2.14. The molecule has 1 amide bonds. The predicted molar refractivity (Wildman–Crippen MR) is 80.0 cm³/mol. The zero-order valence-corrected chi connectivity index (χ0v) is 12.5. The van der Waals surface area contributed by atoms with Crippen molar-refractivity contribution in [2.24, 2.45) is 0 Å². The zero-order chi connectivity index (χ0) is 16.5. The Kier molecular flexibility index (Phi) is 6.64. The highest BCUT2D eigenvalue weighted by Gasteiger charge is 2.22. The summed E-state index contributed by atoms with van der Waals surface area (Å²) < 4.78 is 10.4. The van der Waals surface area contributed by atoms with E-state index in [1.165, 1.54) is 19.9 Å². The fraction of sp³-hybridized carbons (Fsp3) is 0.312. The molecule has 0 saturated heterocycles. The zero-order valence-electron chi connectivity index (χ0n) is 12.5. The molecule has 0 bridgehead atoms. The molecule has 1 N–H and O–H groups in total. The highest BCUT2D eigenvalue weighted by atomic mass is 16.6. The van der Waals surface area contributed by atoms with Crippen LogP contribution in [0.2, 0.25) is 0 Å². The molecular formula is C16H18N2O4. The van der Waals surface area contributed by atoms with E-state index in [2.05, 4.69) is 11.9 Å². The third-order valence-electron chi connectivity index (χ3n) is 2.71. The molecule has 1 aromatic rings. The number of nitrogens with one attached hydrogen (secondary N) is 1. The molecule has 116 valence electrons. The highest BCUT2D eigenvalue weighted by molar-refractivity contribution is 5.84. The van der Waals surface area contributed by atoms with E-state index in [9.17, 15) is 9.59 Å². The third kappa shape index (κ3) is 5.29. The van der Waals surface area contributed by atoms with E-state index < -0.39 is 24.1 Å². The Morgan fingerprint density at radius 2 is 1.95 bits per heavy atom. The van der Waals surface area contributed by atoms with Crippen LogP contribution in [0.25, 0.3) is 0 Å². The number of esters is 1. The van der Waals surface area contributed by atoms with Gasteiger partial charge in [0, 0.05) is 6.54 Å². The lowest BCUT2D eigenvalue weighted by Crippen LogP contribution is -2.38. The van der Waals surface area contributed by atoms with Gasteiger partial charge in [0.1, 0.15) is 5.75 Å². The van der Waals surface area contributed by atoms with Crippen LogP contribution in [0.5, 0.6) is 5.75 Å². The van der Waals surface area contributed by atoms with Crippen molar-refractivity contribution in [3.63, 3.8) is 0 Å². The minimum absolute atomic E-state index is 0.304. The van der Waals surface area contributed by atoms with Gasteiger partial charge in [0.15, 0.2) is 12.2 Å². The number of nitriles is 1. The van der Waals surface area contributed by atoms with Crippen molar-refractivity contribution in [3.05, 3.63) is 42.5 Å². The van der Waals surface area contributed by atoms with Crippen LogP contribution < -0.4 is 10.1 Å². The molecule has 6 nitrogen and oxygen atoms in total. The van der Waals surface area contributed by atoms with E-state index in [1.54, 1.807) is 24.3 Å². The molecule has 0 spiro atoms. The van der Waals surface area contributed by atoms with Crippen molar-refractivity contribution in [1.82, 2.24) is 5.32 Å². The lowest BCUT2D eigenvalue weighted by molar-refractivity contribution is -0.160. The number of ether oxygens (including phenoxy) is 2. The monoisotopic (exact) mass is 302 g/mol. The second-order valence-electron chi connectivity index (χ2n) is 4.51. The van der Waals surface area contributed by atoms with Crippen LogP contribution in [0.3, 0.4) is 0 Å². The summed E-state index contributed by atoms with van der Waals surface area (Å²) in [5.74, 6) is -0.614. The van der Waals surface area contributed by atoms with E-state index in [1.807, 2.05) is 6.07 Å². The molecule has 6 heteroatoms. The summed E-state index contributed by atoms with van der Waals surface area (Å²) in [4.78, 5) is 23.4. The quantitative estimate of drug-likeness (QED) is 0.610. The topological polar surface area (TPSA) is 88.4 Å². The summed E-state index contributed by atoms with van der Waals surface area (Å²) in [6.45, 7) is 6.78. The van der Waals surface area contributed by atoms with Crippen molar-refractivity contribution in [1.29, 1.82) is 5.26 Å². The number of nitrogens with zero attached hydrogens (tertiary/aromatic N) is 1. The van der Waals surface area contributed by atoms with Gasteiger partial charge < -0.3 is 14.8 Å². The Morgan fingerprint density at radius 1 is 1.32 bits per heavy atom. The van der Waals surface area contributed by atoms with Crippen LogP contribution in [0.4, 0.5) is 0 Å². The predicted octanol–water partition coefficient (Wildman–Crippen LogP) is 1.56. The summed E-state index contributed by atoms with van der Waals surface area (Å²) >= 11 is 0. The number of benzene rings is 1. The first-order valence-corrected chi connectivity index (χ1v) is 6.73. The largest absolute Gasteiger partial charge is 0.479 e. The van der Waals surface area contributed by atoms with Crippen LogP contribution in [-0.2, 0) is 14.3 Å². The summed E-state index contributed by atoms with van der Waals surface area (Å²) in [6.07, 6.45) is -0.259. The van der Waals surface area contributed by atoms with Crippen LogP contribution in [-0.4, -0.2) is 30.6 Å². The molecule has 0 aliphatic heterocycles. The minimum atomic E-state index is -0.917. The van der Waals surface area contributed by atoms with Crippen molar-refractivity contribution in [3.8, 4) is 11.8 Å². The van der Waals surface area contributed by atoms with Crippen LogP contribution in [0, 0.1) is 11.3 Å². The first kappa shape index (κ1) is 17.2. The van der Waals surface area contributed by atoms with E-state index in [0.29, 0.717) is 17.9 Å². The summed E-state index contributed by atoms with van der Waals surface area (Å²) in [6, 6.07) is 8.32. The molecule has 0 saturated carbocycles. The molecule has 0 fully saturated rings. The van der Waals surface area contributed by atoms with E-state index in [-0.39, 0.29) is 0 Å². The Balaban J connectivity index is 2.52. The van der Waals surface area contributed by atoms with Gasteiger partial charge in [-0.15, -0.1) is 6.58 Å².